The zero-order chi connectivity index (χ0) is 29.1. The number of aliphatic hydroxyl groups excluding tert-OH is 1. The second-order valence-electron chi connectivity index (χ2n) is 10.6. The molecule has 0 spiro atoms. The molecule has 0 bridgehead atoms. The van der Waals surface area contributed by atoms with E-state index >= 15 is 0 Å². The van der Waals surface area contributed by atoms with Crippen molar-refractivity contribution in [3.63, 3.8) is 0 Å². The molecule has 10 heteroatoms. The molecule has 0 radical (unpaired) electrons. The number of aromatic nitrogens is 1. The van der Waals surface area contributed by atoms with Crippen LogP contribution in [0.5, 0.6) is 11.5 Å². The number of rotatable bonds is 8. The van der Waals surface area contributed by atoms with Crippen LogP contribution in [-0.4, -0.2) is 78.1 Å². The molecule has 8 nitrogen and oxygen atoms in total. The second-order valence-corrected chi connectivity index (χ2v) is 11.5. The molecule has 1 amide bonds. The average Bonchev–Trinajstić information content (AvgIpc) is 3.36. The summed E-state index contributed by atoms with van der Waals surface area (Å²) in [7, 11) is 0. The summed E-state index contributed by atoms with van der Waals surface area (Å²) in [6.45, 7) is 4.60. The van der Waals surface area contributed by atoms with Crippen LogP contribution in [0, 0.1) is 0 Å². The van der Waals surface area contributed by atoms with Crippen LogP contribution in [0.1, 0.15) is 29.3 Å². The van der Waals surface area contributed by atoms with Gasteiger partial charge in [0, 0.05) is 59.2 Å². The molecule has 3 aromatic carbocycles. The van der Waals surface area contributed by atoms with Crippen LogP contribution in [0.3, 0.4) is 0 Å². The number of nitrogens with zero attached hydrogens (tertiary/aromatic N) is 2. The molecule has 2 atom stereocenters. The fraction of sp³-hybridized carbons (Fsp3) is 0.344. The summed E-state index contributed by atoms with van der Waals surface area (Å²) in [6.07, 6.45) is 0.293. The van der Waals surface area contributed by atoms with E-state index in [2.05, 4.69) is 9.88 Å². The minimum atomic E-state index is -0.459. The standard InChI is InChI=1S/C32H33Cl2N3O5/c33-22-3-8-26(9-4-22)42-32(39)37-13-11-27-28-19-23(34)5-10-29(28)35-30(27)31(37)21-1-6-25(7-2-21)41-16-12-24(38)20-36-14-17-40-18-15-36/h1-10,19,24,31,35,38H,11-18,20H2. The van der Waals surface area contributed by atoms with Crippen LogP contribution in [0.15, 0.2) is 66.7 Å². The minimum absolute atomic E-state index is 0.399. The smallest absolute Gasteiger partial charge is 0.416 e. The highest BCUT2D eigenvalue weighted by Crippen LogP contribution is 2.40. The van der Waals surface area contributed by atoms with Gasteiger partial charge in [0.15, 0.2) is 0 Å². The number of hydrogen-bond donors (Lipinski definition) is 2. The molecule has 3 heterocycles. The summed E-state index contributed by atoms with van der Waals surface area (Å²) in [4.78, 5) is 21.0. The van der Waals surface area contributed by atoms with Crippen molar-refractivity contribution in [1.82, 2.24) is 14.8 Å². The van der Waals surface area contributed by atoms with Gasteiger partial charge in [-0.1, -0.05) is 35.3 Å². The van der Waals surface area contributed by atoms with E-state index in [0.29, 0.717) is 67.3 Å². The van der Waals surface area contributed by atoms with Crippen molar-refractivity contribution in [3.8, 4) is 11.5 Å². The number of β-amino-alcohol motifs (C(OH)–C–C–N with tert-alkyl or cyclic N) is 1. The normalized spacial score (nSPS) is 18.1. The van der Waals surface area contributed by atoms with Gasteiger partial charge < -0.3 is 24.3 Å². The van der Waals surface area contributed by atoms with E-state index in [9.17, 15) is 9.90 Å². The van der Waals surface area contributed by atoms with Gasteiger partial charge >= 0.3 is 6.09 Å². The number of fused-ring (bicyclic) bond motifs is 3. The lowest BCUT2D eigenvalue weighted by molar-refractivity contribution is 0.0108. The summed E-state index contributed by atoms with van der Waals surface area (Å²) in [5, 5.41) is 12.7. The van der Waals surface area contributed by atoms with Crippen molar-refractivity contribution in [3.05, 3.63) is 93.6 Å². The van der Waals surface area contributed by atoms with Crippen LogP contribution < -0.4 is 9.47 Å². The van der Waals surface area contributed by atoms with Crippen molar-refractivity contribution in [2.45, 2.75) is 25.0 Å². The number of benzene rings is 3. The van der Waals surface area contributed by atoms with E-state index in [1.165, 1.54) is 0 Å². The van der Waals surface area contributed by atoms with Crippen LogP contribution in [0.4, 0.5) is 4.79 Å². The van der Waals surface area contributed by atoms with Crippen LogP contribution in [0.2, 0.25) is 10.0 Å². The number of morpholine rings is 1. The molecule has 1 fully saturated rings. The van der Waals surface area contributed by atoms with Gasteiger partial charge in [-0.2, -0.15) is 0 Å². The van der Waals surface area contributed by atoms with Crippen molar-refractivity contribution in [1.29, 1.82) is 0 Å². The lowest BCUT2D eigenvalue weighted by Gasteiger charge is -2.35. The Bertz CT molecular complexity index is 1520. The summed E-state index contributed by atoms with van der Waals surface area (Å²) in [5.41, 5.74) is 3.97. The SMILES string of the molecule is O=C(Oc1ccc(Cl)cc1)N1CCc2c([nH]c3ccc(Cl)cc23)C1c1ccc(OCCC(O)CN2CCOCC2)cc1. The number of carbonyl (C=O) groups is 1. The Labute approximate surface area is 254 Å². The first-order valence-corrected chi connectivity index (χ1v) is 14.9. The fourth-order valence-corrected chi connectivity index (χ4v) is 6.00. The first-order chi connectivity index (χ1) is 20.4. The number of aromatic amines is 1. The number of halogens is 2. The molecular weight excluding hydrogens is 577 g/mol. The molecule has 0 saturated carbocycles. The average molecular weight is 611 g/mol. The van der Waals surface area contributed by atoms with Crippen LogP contribution >= 0.6 is 23.2 Å². The van der Waals surface area contributed by atoms with Gasteiger partial charge in [0.1, 0.15) is 17.5 Å². The molecule has 220 valence electrons. The molecule has 4 aromatic rings. The number of amides is 1. The van der Waals surface area contributed by atoms with E-state index in [1.54, 1.807) is 29.2 Å². The number of nitrogens with one attached hydrogen (secondary N) is 1. The number of ether oxygens (including phenoxy) is 3. The maximum atomic E-state index is 13.5. The lowest BCUT2D eigenvalue weighted by Crippen LogP contribution is -2.42. The van der Waals surface area contributed by atoms with Crippen molar-refractivity contribution in [2.75, 3.05) is 46.0 Å². The third-order valence-electron chi connectivity index (χ3n) is 7.83. The maximum Gasteiger partial charge on any atom is 0.416 e. The first-order valence-electron chi connectivity index (χ1n) is 14.2. The van der Waals surface area contributed by atoms with E-state index in [-0.39, 0.29) is 0 Å². The predicted octanol–water partition coefficient (Wildman–Crippen LogP) is 6.08. The minimum Gasteiger partial charge on any atom is -0.493 e. The third kappa shape index (κ3) is 6.53. The molecule has 2 N–H and O–H groups in total. The molecule has 1 aromatic heterocycles. The van der Waals surface area contributed by atoms with Gasteiger partial charge in [0.25, 0.3) is 0 Å². The topological polar surface area (TPSA) is 87.3 Å². The Morgan fingerprint density at radius 1 is 0.976 bits per heavy atom. The zero-order valence-corrected chi connectivity index (χ0v) is 24.6. The summed E-state index contributed by atoms with van der Waals surface area (Å²) < 4.78 is 17.1. The Hall–Kier alpha value is -3.27. The van der Waals surface area contributed by atoms with Crippen LogP contribution in [0.25, 0.3) is 10.9 Å². The highest BCUT2D eigenvalue weighted by atomic mass is 35.5. The molecule has 6 rings (SSSR count). The monoisotopic (exact) mass is 609 g/mol. The molecule has 1 saturated heterocycles. The van der Waals surface area contributed by atoms with E-state index < -0.39 is 18.2 Å². The van der Waals surface area contributed by atoms with Gasteiger partial charge in [0.05, 0.1) is 25.9 Å². The highest BCUT2D eigenvalue weighted by molar-refractivity contribution is 6.31. The number of H-pyrrole nitrogens is 1. The maximum absolute atomic E-state index is 13.5. The largest absolute Gasteiger partial charge is 0.493 e. The lowest BCUT2D eigenvalue weighted by atomic mass is 9.92. The van der Waals surface area contributed by atoms with E-state index in [4.69, 9.17) is 37.4 Å². The number of carbonyl (C=O) groups excluding carboxylic acids is 1. The van der Waals surface area contributed by atoms with Gasteiger partial charge in [-0.25, -0.2) is 4.79 Å². The van der Waals surface area contributed by atoms with Gasteiger partial charge in [0.2, 0.25) is 0 Å². The number of hydrogen-bond acceptors (Lipinski definition) is 6. The van der Waals surface area contributed by atoms with Crippen molar-refractivity contribution >= 4 is 40.2 Å². The quantitative estimate of drug-likeness (QED) is 0.252. The van der Waals surface area contributed by atoms with Crippen molar-refractivity contribution in [2.24, 2.45) is 0 Å². The Morgan fingerprint density at radius 2 is 1.69 bits per heavy atom. The van der Waals surface area contributed by atoms with Gasteiger partial charge in [-0.3, -0.25) is 9.80 Å². The summed E-state index contributed by atoms with van der Waals surface area (Å²) in [5.74, 6) is 1.13. The first kappa shape index (κ1) is 28.8. The molecule has 2 aliphatic heterocycles. The zero-order valence-electron chi connectivity index (χ0n) is 23.1. The van der Waals surface area contributed by atoms with Gasteiger partial charge in [-0.05, 0) is 72.1 Å². The molecule has 2 aliphatic rings. The summed E-state index contributed by atoms with van der Waals surface area (Å²) >= 11 is 12.3. The second kappa shape index (κ2) is 12.9. The van der Waals surface area contributed by atoms with Crippen LogP contribution in [-0.2, 0) is 11.2 Å². The third-order valence-corrected chi connectivity index (χ3v) is 8.32. The number of aliphatic hydroxyl groups is 1. The Morgan fingerprint density at radius 3 is 2.45 bits per heavy atom. The Kier molecular flexibility index (Phi) is 8.88. The molecule has 0 aliphatic carbocycles. The van der Waals surface area contributed by atoms with E-state index in [1.807, 2.05) is 42.5 Å². The van der Waals surface area contributed by atoms with Crippen molar-refractivity contribution < 1.29 is 24.1 Å². The predicted molar refractivity (Wildman–Crippen MR) is 163 cm³/mol. The van der Waals surface area contributed by atoms with E-state index in [0.717, 1.165) is 40.8 Å². The summed E-state index contributed by atoms with van der Waals surface area (Å²) in [6, 6.07) is 19.9. The molecular formula is C32H33Cl2N3O5. The highest BCUT2D eigenvalue weighted by Gasteiger charge is 2.36. The molecule has 2 unspecified atom stereocenters. The van der Waals surface area contributed by atoms with Gasteiger partial charge in [-0.15, -0.1) is 0 Å². The molecule has 42 heavy (non-hydrogen) atoms. The Balaban J connectivity index is 1.19. The fourth-order valence-electron chi connectivity index (χ4n) is 5.70.